The van der Waals surface area contributed by atoms with Crippen molar-refractivity contribution in [1.82, 2.24) is 0 Å². The Morgan fingerprint density at radius 1 is 0.594 bits per heavy atom. The Balaban J connectivity index is 0.000000451. The molecule has 0 unspecified atom stereocenters. The minimum atomic E-state index is -11.2. The van der Waals surface area contributed by atoms with Crippen molar-refractivity contribution in [2.45, 2.75) is 14.7 Å². The van der Waals surface area contributed by atoms with Crippen LogP contribution in [-0.2, 0) is 10.9 Å². The number of benzene rings is 3. The van der Waals surface area contributed by atoms with E-state index in [-0.39, 0.29) is 11.4 Å². The van der Waals surface area contributed by atoms with E-state index in [1.807, 2.05) is 30.3 Å². The third kappa shape index (κ3) is 8.39. The molecule has 0 N–H and O–H groups in total. The van der Waals surface area contributed by atoms with Gasteiger partial charge in [-0.2, -0.15) is 0 Å². The summed E-state index contributed by atoms with van der Waals surface area (Å²) in [4.78, 5) is 23.8. The first-order valence-corrected chi connectivity index (χ1v) is 15.4. The van der Waals surface area contributed by atoms with Crippen molar-refractivity contribution in [2.24, 2.45) is 0 Å². The second-order valence-corrected chi connectivity index (χ2v) is 13.5. The molecular weight excluding hydrogens is 576 g/mol. The molecule has 0 spiro atoms. The second kappa shape index (κ2) is 8.62. The van der Waals surface area contributed by atoms with Crippen LogP contribution >= 0.6 is 0 Å². The number of nitro groups is 2. The fourth-order valence-corrected chi connectivity index (χ4v) is 4.80. The molecule has 0 fully saturated rings. The van der Waals surface area contributed by atoms with E-state index in [2.05, 4.69) is 0 Å². The van der Waals surface area contributed by atoms with Gasteiger partial charge in [-0.25, -0.2) is 0 Å². The van der Waals surface area contributed by atoms with Crippen LogP contribution in [0.15, 0.2) is 93.5 Å². The normalized spacial score (nSPS) is 13.3. The summed E-state index contributed by atoms with van der Waals surface area (Å²) in [6.45, 7) is 0. The fourth-order valence-electron chi connectivity index (χ4n) is 2.49. The first kappa shape index (κ1) is 25.5. The molecule has 14 heteroatoms. The summed E-state index contributed by atoms with van der Waals surface area (Å²) in [6.07, 6.45) is 0. The zero-order valence-electron chi connectivity index (χ0n) is 15.7. The molecule has 3 aromatic rings. The molecule has 0 bridgehead atoms. The van der Waals surface area contributed by atoms with Gasteiger partial charge in [0.2, 0.25) is 9.79 Å². The van der Waals surface area contributed by atoms with E-state index in [1.165, 1.54) is 12.1 Å². The monoisotopic (exact) mass is 588 g/mol. The Labute approximate surface area is 182 Å². The number of rotatable bonds is 5. The molecule has 0 heterocycles. The van der Waals surface area contributed by atoms with Gasteiger partial charge in [0, 0.05) is 24.3 Å². The summed E-state index contributed by atoms with van der Waals surface area (Å²) in [5.74, 6) is 0. The summed E-state index contributed by atoms with van der Waals surface area (Å²) < 4.78 is 59.6. The average molecular weight is 589 g/mol. The standard InChI is InChI=1S/C18H13N2O4S.6FH.Sb/c21-19(22)15-10-4-6-12-17(15)25(14-8-2-1-3-9-14)18-13-7-5-11-16(18)20(23)24;;;;;;;/h1-13H;6*1H;/q+1;;;;;;;+5/p-6. The van der Waals surface area contributed by atoms with Crippen LogP contribution < -0.4 is 0 Å². The van der Waals surface area contributed by atoms with Crippen molar-refractivity contribution in [3.05, 3.63) is 99.1 Å². The van der Waals surface area contributed by atoms with Gasteiger partial charge < -0.3 is 0 Å². The van der Waals surface area contributed by atoms with Crippen LogP contribution in [0.5, 0.6) is 0 Å². The summed E-state index contributed by atoms with van der Waals surface area (Å²) in [5.41, 5.74) is -0.0966. The minimum absolute atomic E-state index is 0.0483. The Bertz CT molecular complexity index is 1080. The fraction of sp³-hybridized carbons (Fsp3) is 0. The maximum atomic E-state index is 11.5. The Morgan fingerprint density at radius 3 is 1.25 bits per heavy atom. The van der Waals surface area contributed by atoms with Crippen molar-refractivity contribution in [2.75, 3.05) is 0 Å². The molecule has 0 atom stereocenters. The van der Waals surface area contributed by atoms with Gasteiger partial charge in [-0.1, -0.05) is 42.5 Å². The molecule has 0 aliphatic heterocycles. The molecule has 0 aliphatic carbocycles. The molecule has 0 saturated carbocycles. The molecule has 0 radical (unpaired) electrons. The van der Waals surface area contributed by atoms with Crippen molar-refractivity contribution < 1.29 is 26.7 Å². The van der Waals surface area contributed by atoms with E-state index in [0.717, 1.165) is 4.90 Å². The van der Waals surface area contributed by atoms with E-state index in [4.69, 9.17) is 0 Å². The van der Waals surface area contributed by atoms with E-state index < -0.39 is 40.2 Å². The number of hydrogen-bond donors (Lipinski definition) is 0. The molecule has 0 saturated heterocycles. The van der Waals surface area contributed by atoms with Crippen LogP contribution in [0, 0.1) is 20.2 Å². The maximum absolute atomic E-state index is 11.5. The number of para-hydroxylation sites is 2. The summed E-state index contributed by atoms with van der Waals surface area (Å²) in [5, 5.41) is 23.0. The first-order valence-electron chi connectivity index (χ1n) is 8.37. The topological polar surface area (TPSA) is 86.3 Å². The Kier molecular flexibility index (Phi) is 6.86. The molecule has 172 valence electrons. The van der Waals surface area contributed by atoms with Crippen LogP contribution in [-0.4, -0.2) is 29.3 Å². The Morgan fingerprint density at radius 2 is 0.906 bits per heavy atom. The van der Waals surface area contributed by atoms with Crippen LogP contribution in [0.1, 0.15) is 0 Å². The molecule has 0 aliphatic rings. The number of nitrogens with zero attached hydrogens (tertiary/aromatic N) is 2. The van der Waals surface area contributed by atoms with E-state index in [1.54, 1.807) is 36.4 Å². The molecule has 3 rings (SSSR count). The van der Waals surface area contributed by atoms with Crippen molar-refractivity contribution in [1.29, 1.82) is 0 Å². The van der Waals surface area contributed by atoms with Gasteiger partial charge in [0.15, 0.2) is 4.90 Å². The van der Waals surface area contributed by atoms with Crippen molar-refractivity contribution in [3.63, 3.8) is 0 Å². The zero-order valence-corrected chi connectivity index (χ0v) is 19.0. The second-order valence-electron chi connectivity index (χ2n) is 6.03. The molecular formula is C18H13F6N2O4SSb. The number of nitro benzene ring substituents is 2. The predicted octanol–water partition coefficient (Wildman–Crippen LogP) is 6.74. The van der Waals surface area contributed by atoms with Gasteiger partial charge in [0.25, 0.3) is 0 Å². The molecule has 3 aromatic carbocycles. The molecule has 0 amide bonds. The summed E-state index contributed by atoms with van der Waals surface area (Å²) in [7, 11) is -0.962. The van der Waals surface area contributed by atoms with Gasteiger partial charge in [-0.05, 0) is 12.1 Å². The molecule has 6 nitrogen and oxygen atoms in total. The number of halogens is 6. The summed E-state index contributed by atoms with van der Waals surface area (Å²) >= 11 is -11.2. The van der Waals surface area contributed by atoms with Gasteiger partial charge >= 0.3 is 47.7 Å². The first-order chi connectivity index (χ1) is 14.5. The Hall–Kier alpha value is -2.79. The van der Waals surface area contributed by atoms with Gasteiger partial charge in [-0.3, -0.25) is 20.2 Å². The van der Waals surface area contributed by atoms with Gasteiger partial charge in [0.05, 0.1) is 9.85 Å². The summed E-state index contributed by atoms with van der Waals surface area (Å²) in [6, 6.07) is 21.9. The van der Waals surface area contributed by atoms with Crippen molar-refractivity contribution >= 4 is 41.7 Å². The van der Waals surface area contributed by atoms with E-state index >= 15 is 0 Å². The van der Waals surface area contributed by atoms with E-state index in [0.29, 0.717) is 9.79 Å². The van der Waals surface area contributed by atoms with Gasteiger partial charge in [0.1, 0.15) is 10.9 Å². The van der Waals surface area contributed by atoms with E-state index in [9.17, 15) is 37.1 Å². The number of hydrogen-bond acceptors (Lipinski definition) is 4. The average Bonchev–Trinajstić information content (AvgIpc) is 2.67. The SMILES string of the molecule is O=[N+]([O-])c1ccccc1[S+](c1ccccc1)c1ccccc1[N+](=O)[O-].[F][Sb-]([F])([F])([F])([F])[F]. The third-order valence-corrected chi connectivity index (χ3v) is 5.86. The molecule has 0 aromatic heterocycles. The molecule has 32 heavy (non-hydrogen) atoms. The zero-order chi connectivity index (χ0) is 24.2. The van der Waals surface area contributed by atoms with Crippen LogP contribution in [0.2, 0.25) is 0 Å². The quantitative estimate of drug-likeness (QED) is 0.109. The third-order valence-electron chi connectivity index (χ3n) is 3.54. The van der Waals surface area contributed by atoms with Crippen LogP contribution in [0.3, 0.4) is 0 Å². The van der Waals surface area contributed by atoms with Gasteiger partial charge in [-0.15, -0.1) is 0 Å². The predicted molar refractivity (Wildman–Crippen MR) is 107 cm³/mol. The van der Waals surface area contributed by atoms with Crippen LogP contribution in [0.4, 0.5) is 28.3 Å². The van der Waals surface area contributed by atoms with Crippen molar-refractivity contribution in [3.8, 4) is 0 Å². The van der Waals surface area contributed by atoms with Crippen LogP contribution in [0.25, 0.3) is 0 Å².